The van der Waals surface area contributed by atoms with Crippen molar-refractivity contribution < 1.29 is 8.42 Å². The van der Waals surface area contributed by atoms with E-state index in [9.17, 15) is 8.42 Å². The zero-order chi connectivity index (χ0) is 14.0. The fraction of sp³-hybridized carbons (Fsp3) is 0.692. The van der Waals surface area contributed by atoms with Crippen LogP contribution < -0.4 is 10.5 Å². The first-order valence-electron chi connectivity index (χ1n) is 6.74. The Bertz CT molecular complexity index is 525. The molecule has 0 saturated heterocycles. The summed E-state index contributed by atoms with van der Waals surface area (Å²) in [4.78, 5) is 1.08. The number of hydrogen-bond donors (Lipinski definition) is 2. The van der Waals surface area contributed by atoms with Crippen LogP contribution in [0.2, 0.25) is 0 Å². The zero-order valence-corrected chi connectivity index (χ0v) is 13.1. The Balaban J connectivity index is 2.17. The first-order chi connectivity index (χ1) is 8.95. The van der Waals surface area contributed by atoms with Crippen LogP contribution in [0.15, 0.2) is 16.3 Å². The van der Waals surface area contributed by atoms with Crippen LogP contribution in [-0.2, 0) is 16.6 Å². The zero-order valence-electron chi connectivity index (χ0n) is 11.4. The molecule has 0 aliphatic heterocycles. The van der Waals surface area contributed by atoms with Gasteiger partial charge in [-0.15, -0.1) is 11.3 Å². The van der Waals surface area contributed by atoms with Gasteiger partial charge >= 0.3 is 0 Å². The minimum atomic E-state index is -3.44. The van der Waals surface area contributed by atoms with Gasteiger partial charge in [-0.1, -0.05) is 26.7 Å². The van der Waals surface area contributed by atoms with E-state index in [4.69, 9.17) is 5.73 Å². The second-order valence-electron chi connectivity index (χ2n) is 5.41. The summed E-state index contributed by atoms with van der Waals surface area (Å²) in [6.45, 7) is 4.60. The lowest BCUT2D eigenvalue weighted by Crippen LogP contribution is -2.43. The Hall–Kier alpha value is -0.430. The van der Waals surface area contributed by atoms with Crippen molar-refractivity contribution >= 4 is 21.4 Å². The fourth-order valence-corrected chi connectivity index (χ4v) is 5.42. The maximum atomic E-state index is 12.4. The Morgan fingerprint density at radius 1 is 1.42 bits per heavy atom. The summed E-state index contributed by atoms with van der Waals surface area (Å²) < 4.78 is 27.7. The van der Waals surface area contributed by atoms with Crippen molar-refractivity contribution in [1.29, 1.82) is 0 Å². The van der Waals surface area contributed by atoms with Crippen LogP contribution in [0.5, 0.6) is 0 Å². The minimum Gasteiger partial charge on any atom is -0.326 e. The lowest BCUT2D eigenvalue weighted by Gasteiger charge is -2.34. The van der Waals surface area contributed by atoms with Crippen molar-refractivity contribution in [1.82, 2.24) is 4.72 Å². The van der Waals surface area contributed by atoms with Gasteiger partial charge in [0.1, 0.15) is 0 Å². The average molecular weight is 302 g/mol. The molecule has 6 heteroatoms. The van der Waals surface area contributed by atoms with Gasteiger partial charge in [-0.2, -0.15) is 0 Å². The molecule has 3 N–H and O–H groups in total. The summed E-state index contributed by atoms with van der Waals surface area (Å²) in [5.41, 5.74) is 5.59. The van der Waals surface area contributed by atoms with Crippen molar-refractivity contribution in [2.24, 2.45) is 17.6 Å². The van der Waals surface area contributed by atoms with Crippen molar-refractivity contribution in [2.45, 2.75) is 50.6 Å². The Labute approximate surface area is 119 Å². The maximum absolute atomic E-state index is 12.4. The summed E-state index contributed by atoms with van der Waals surface area (Å²) in [6.07, 6.45) is 3.20. The molecular formula is C13H22N2O2S2. The van der Waals surface area contributed by atoms with Crippen LogP contribution in [0.1, 0.15) is 38.0 Å². The van der Waals surface area contributed by atoms with Crippen LogP contribution in [0.4, 0.5) is 0 Å². The normalized spacial score (nSPS) is 28.5. The second-order valence-corrected chi connectivity index (χ2v) is 8.09. The molecular weight excluding hydrogens is 280 g/mol. The van der Waals surface area contributed by atoms with Crippen molar-refractivity contribution in [3.05, 3.63) is 16.3 Å². The van der Waals surface area contributed by atoms with E-state index in [1.807, 2.05) is 0 Å². The Morgan fingerprint density at radius 2 is 2.16 bits per heavy atom. The number of hydrogen-bond acceptors (Lipinski definition) is 4. The topological polar surface area (TPSA) is 72.2 Å². The number of rotatable bonds is 4. The van der Waals surface area contributed by atoms with Gasteiger partial charge in [0.25, 0.3) is 0 Å². The van der Waals surface area contributed by atoms with Crippen LogP contribution >= 0.6 is 11.3 Å². The molecule has 0 radical (unpaired) electrons. The van der Waals surface area contributed by atoms with E-state index in [-0.39, 0.29) is 12.6 Å². The molecule has 0 bridgehead atoms. The molecule has 1 heterocycles. The van der Waals surface area contributed by atoms with Gasteiger partial charge in [-0.3, -0.25) is 0 Å². The van der Waals surface area contributed by atoms with E-state index >= 15 is 0 Å². The summed E-state index contributed by atoms with van der Waals surface area (Å²) in [5.74, 6) is 0.946. The SMILES string of the molecule is CC1CCCC(NS(=O)(=O)c2ccsc2CN)C1C. The minimum absolute atomic E-state index is 0.0410. The van der Waals surface area contributed by atoms with Crippen molar-refractivity contribution in [3.63, 3.8) is 0 Å². The first kappa shape index (κ1) is 15.0. The summed E-state index contributed by atoms with van der Waals surface area (Å²) in [5, 5.41) is 1.78. The van der Waals surface area contributed by atoms with Crippen molar-refractivity contribution in [2.75, 3.05) is 0 Å². The average Bonchev–Trinajstić information content (AvgIpc) is 2.84. The Morgan fingerprint density at radius 3 is 2.84 bits per heavy atom. The molecule has 3 atom stereocenters. The second kappa shape index (κ2) is 5.91. The maximum Gasteiger partial charge on any atom is 0.241 e. The lowest BCUT2D eigenvalue weighted by atomic mass is 9.78. The number of sulfonamides is 1. The predicted octanol–water partition coefficient (Wildman–Crippen LogP) is 2.31. The molecule has 1 fully saturated rings. The molecule has 1 aliphatic rings. The molecule has 3 unspecified atom stereocenters. The third kappa shape index (κ3) is 3.18. The number of nitrogens with two attached hydrogens (primary N) is 1. The van der Waals surface area contributed by atoms with E-state index in [2.05, 4.69) is 18.6 Å². The number of thiophene rings is 1. The molecule has 0 spiro atoms. The summed E-state index contributed by atoms with van der Waals surface area (Å²) in [6, 6.07) is 1.69. The molecule has 4 nitrogen and oxygen atoms in total. The fourth-order valence-electron chi connectivity index (χ4n) is 2.73. The summed E-state index contributed by atoms with van der Waals surface area (Å²) >= 11 is 1.40. The van der Waals surface area contributed by atoms with Gasteiger partial charge in [0.15, 0.2) is 0 Å². The van der Waals surface area contributed by atoms with Gasteiger partial charge in [0, 0.05) is 17.5 Å². The monoisotopic (exact) mass is 302 g/mol. The molecule has 1 aliphatic carbocycles. The molecule has 1 aromatic heterocycles. The van der Waals surface area contributed by atoms with Gasteiger partial charge < -0.3 is 5.73 Å². The van der Waals surface area contributed by atoms with E-state index in [1.165, 1.54) is 17.8 Å². The predicted molar refractivity (Wildman–Crippen MR) is 78.5 cm³/mol. The highest BCUT2D eigenvalue weighted by Crippen LogP contribution is 2.31. The number of nitrogens with one attached hydrogen (secondary N) is 1. The highest BCUT2D eigenvalue weighted by Gasteiger charge is 2.31. The van der Waals surface area contributed by atoms with E-state index in [0.717, 1.165) is 17.7 Å². The molecule has 108 valence electrons. The molecule has 19 heavy (non-hydrogen) atoms. The first-order valence-corrected chi connectivity index (χ1v) is 9.10. The third-order valence-electron chi connectivity index (χ3n) is 4.19. The van der Waals surface area contributed by atoms with Gasteiger partial charge in [0.2, 0.25) is 10.0 Å². The highest BCUT2D eigenvalue weighted by molar-refractivity contribution is 7.89. The van der Waals surface area contributed by atoms with Gasteiger partial charge in [0.05, 0.1) is 4.90 Å². The van der Waals surface area contributed by atoms with Gasteiger partial charge in [-0.25, -0.2) is 13.1 Å². The van der Waals surface area contributed by atoms with Crippen LogP contribution in [0.3, 0.4) is 0 Å². The van der Waals surface area contributed by atoms with Crippen molar-refractivity contribution in [3.8, 4) is 0 Å². The molecule has 0 amide bonds. The van der Waals surface area contributed by atoms with Gasteiger partial charge in [-0.05, 0) is 29.7 Å². The summed E-state index contributed by atoms with van der Waals surface area (Å²) in [7, 11) is -3.44. The smallest absolute Gasteiger partial charge is 0.241 e. The van der Waals surface area contributed by atoms with Crippen LogP contribution in [0, 0.1) is 11.8 Å². The Kier molecular flexibility index (Phi) is 4.66. The standard InChI is InChI=1S/C13H22N2O2S2/c1-9-4-3-5-11(10(9)2)15-19(16,17)13-6-7-18-12(13)8-14/h6-7,9-11,15H,3-5,8,14H2,1-2H3. The third-order valence-corrected chi connectivity index (χ3v) is 6.84. The van der Waals surface area contributed by atoms with E-state index in [0.29, 0.717) is 16.7 Å². The quantitative estimate of drug-likeness (QED) is 0.896. The lowest BCUT2D eigenvalue weighted by molar-refractivity contribution is 0.227. The largest absolute Gasteiger partial charge is 0.326 e. The molecule has 1 aromatic rings. The van der Waals surface area contributed by atoms with Crippen LogP contribution in [-0.4, -0.2) is 14.5 Å². The molecule has 2 rings (SSSR count). The van der Waals surface area contributed by atoms with E-state index in [1.54, 1.807) is 11.4 Å². The van der Waals surface area contributed by atoms with E-state index < -0.39 is 10.0 Å². The molecule has 0 aromatic carbocycles. The molecule has 1 saturated carbocycles. The van der Waals surface area contributed by atoms with Crippen LogP contribution in [0.25, 0.3) is 0 Å². The highest BCUT2D eigenvalue weighted by atomic mass is 32.2.